The first kappa shape index (κ1) is 14.1. The second kappa shape index (κ2) is 5.77. The number of carboxylic acid groups (broad SMARTS) is 1. The number of amides is 1. The zero-order chi connectivity index (χ0) is 14.7. The van der Waals surface area contributed by atoms with Crippen LogP contribution in [0.4, 0.5) is 5.69 Å². The molecular weight excluding hydrogens is 256 g/mol. The van der Waals surface area contributed by atoms with Crippen molar-refractivity contribution in [3.63, 3.8) is 0 Å². The lowest BCUT2D eigenvalue weighted by atomic mass is 10.1. The Bertz CT molecular complexity index is 644. The van der Waals surface area contributed by atoms with Crippen LogP contribution in [0.2, 0.25) is 0 Å². The van der Waals surface area contributed by atoms with Crippen molar-refractivity contribution in [2.24, 2.45) is 5.92 Å². The molecule has 1 aromatic carbocycles. The van der Waals surface area contributed by atoms with Crippen molar-refractivity contribution < 1.29 is 14.7 Å². The molecule has 0 saturated carbocycles. The van der Waals surface area contributed by atoms with E-state index >= 15 is 0 Å². The van der Waals surface area contributed by atoms with Gasteiger partial charge in [-0.25, -0.2) is 0 Å². The van der Waals surface area contributed by atoms with E-state index in [1.807, 2.05) is 32.0 Å². The Balaban J connectivity index is 2.18. The molecule has 0 aliphatic carbocycles. The first-order valence-electron chi connectivity index (χ1n) is 6.56. The fourth-order valence-electron chi connectivity index (χ4n) is 2.14. The number of carboxylic acids is 1. The number of anilines is 1. The molecule has 0 radical (unpaired) electrons. The molecule has 1 heterocycles. The van der Waals surface area contributed by atoms with Crippen molar-refractivity contribution in [1.82, 2.24) is 4.57 Å². The van der Waals surface area contributed by atoms with Gasteiger partial charge in [0.25, 0.3) is 0 Å². The van der Waals surface area contributed by atoms with Gasteiger partial charge in [0.1, 0.15) is 6.54 Å². The highest BCUT2D eigenvalue weighted by Gasteiger charge is 2.08. The number of rotatable bonds is 5. The van der Waals surface area contributed by atoms with E-state index in [1.165, 1.54) is 0 Å². The first-order valence-corrected chi connectivity index (χ1v) is 6.56. The van der Waals surface area contributed by atoms with Gasteiger partial charge in [0, 0.05) is 29.2 Å². The normalized spacial score (nSPS) is 10.9. The van der Waals surface area contributed by atoms with Crippen molar-refractivity contribution in [2.45, 2.75) is 26.8 Å². The van der Waals surface area contributed by atoms with E-state index in [1.54, 1.807) is 16.8 Å². The largest absolute Gasteiger partial charge is 0.480 e. The summed E-state index contributed by atoms with van der Waals surface area (Å²) in [4.78, 5) is 22.5. The summed E-state index contributed by atoms with van der Waals surface area (Å²) in [5.74, 6) is -0.573. The number of carbonyl (C=O) groups is 2. The molecule has 1 aromatic heterocycles. The fraction of sp³-hybridized carbons (Fsp3) is 0.333. The third kappa shape index (κ3) is 3.38. The lowest BCUT2D eigenvalue weighted by Gasteiger charge is -2.08. The van der Waals surface area contributed by atoms with Gasteiger partial charge in [-0.15, -0.1) is 0 Å². The zero-order valence-electron chi connectivity index (χ0n) is 11.6. The maximum Gasteiger partial charge on any atom is 0.323 e. The Kier molecular flexibility index (Phi) is 4.08. The number of aliphatic carboxylic acids is 1. The van der Waals surface area contributed by atoms with Crippen molar-refractivity contribution in [3.8, 4) is 0 Å². The standard InChI is InChI=1S/C15H18N2O3/c1-10(2)7-14(18)16-12-3-4-13-11(8-12)5-6-17(13)9-15(19)20/h3-6,8,10H,7,9H2,1-2H3,(H,16,18)(H,19,20). The second-order valence-corrected chi connectivity index (χ2v) is 5.26. The van der Waals surface area contributed by atoms with Gasteiger partial charge in [-0.2, -0.15) is 0 Å². The number of carbonyl (C=O) groups excluding carboxylic acids is 1. The molecule has 1 amide bonds. The van der Waals surface area contributed by atoms with Crippen LogP contribution in [-0.2, 0) is 16.1 Å². The van der Waals surface area contributed by atoms with E-state index in [0.29, 0.717) is 12.3 Å². The van der Waals surface area contributed by atoms with Gasteiger partial charge in [0.15, 0.2) is 0 Å². The Morgan fingerprint density at radius 1 is 1.30 bits per heavy atom. The fourth-order valence-corrected chi connectivity index (χ4v) is 2.14. The Hall–Kier alpha value is -2.30. The minimum atomic E-state index is -0.878. The molecule has 20 heavy (non-hydrogen) atoms. The molecule has 106 valence electrons. The minimum Gasteiger partial charge on any atom is -0.480 e. The van der Waals surface area contributed by atoms with Crippen LogP contribution in [0.15, 0.2) is 30.5 Å². The molecule has 2 aromatic rings. The van der Waals surface area contributed by atoms with Crippen LogP contribution in [0.1, 0.15) is 20.3 Å². The molecule has 0 atom stereocenters. The average molecular weight is 274 g/mol. The van der Waals surface area contributed by atoms with Gasteiger partial charge < -0.3 is 15.0 Å². The summed E-state index contributed by atoms with van der Waals surface area (Å²) in [7, 11) is 0. The Labute approximate surface area is 117 Å². The molecular formula is C15H18N2O3. The highest BCUT2D eigenvalue weighted by atomic mass is 16.4. The quantitative estimate of drug-likeness (QED) is 0.880. The minimum absolute atomic E-state index is 0.00989. The van der Waals surface area contributed by atoms with E-state index < -0.39 is 5.97 Å². The van der Waals surface area contributed by atoms with Crippen molar-refractivity contribution in [1.29, 1.82) is 0 Å². The lowest BCUT2D eigenvalue weighted by Crippen LogP contribution is -2.13. The topological polar surface area (TPSA) is 71.3 Å². The third-order valence-electron chi connectivity index (χ3n) is 2.95. The third-order valence-corrected chi connectivity index (χ3v) is 2.95. The van der Waals surface area contributed by atoms with Crippen LogP contribution in [-0.4, -0.2) is 21.6 Å². The summed E-state index contributed by atoms with van der Waals surface area (Å²) in [6.07, 6.45) is 2.22. The molecule has 0 fully saturated rings. The number of fused-ring (bicyclic) bond motifs is 1. The maximum atomic E-state index is 11.7. The van der Waals surface area contributed by atoms with Gasteiger partial charge in [-0.05, 0) is 30.2 Å². The second-order valence-electron chi connectivity index (χ2n) is 5.26. The van der Waals surface area contributed by atoms with Gasteiger partial charge >= 0.3 is 5.97 Å². The number of benzene rings is 1. The van der Waals surface area contributed by atoms with E-state index in [9.17, 15) is 9.59 Å². The number of nitrogens with one attached hydrogen (secondary N) is 1. The highest BCUT2D eigenvalue weighted by Crippen LogP contribution is 2.21. The molecule has 2 N–H and O–H groups in total. The van der Waals surface area contributed by atoms with Gasteiger partial charge in [0.2, 0.25) is 5.91 Å². The molecule has 0 bridgehead atoms. The highest BCUT2D eigenvalue weighted by molar-refractivity contribution is 5.94. The summed E-state index contributed by atoms with van der Waals surface area (Å²) in [6.45, 7) is 3.92. The summed E-state index contributed by atoms with van der Waals surface area (Å²) in [5.41, 5.74) is 1.57. The molecule has 2 rings (SSSR count). The molecule has 0 aliphatic heterocycles. The number of hydrogen-bond donors (Lipinski definition) is 2. The van der Waals surface area contributed by atoms with E-state index in [2.05, 4.69) is 5.32 Å². The summed E-state index contributed by atoms with van der Waals surface area (Å²) < 4.78 is 1.66. The van der Waals surface area contributed by atoms with Crippen molar-refractivity contribution >= 4 is 28.5 Å². The maximum absolute atomic E-state index is 11.7. The van der Waals surface area contributed by atoms with E-state index in [4.69, 9.17) is 5.11 Å². The lowest BCUT2D eigenvalue weighted by molar-refractivity contribution is -0.137. The Morgan fingerprint density at radius 2 is 2.05 bits per heavy atom. The van der Waals surface area contributed by atoms with Crippen LogP contribution < -0.4 is 5.32 Å². The van der Waals surface area contributed by atoms with Crippen LogP contribution >= 0.6 is 0 Å². The van der Waals surface area contributed by atoms with Crippen LogP contribution in [0, 0.1) is 5.92 Å². The number of hydrogen-bond acceptors (Lipinski definition) is 2. The number of nitrogens with zero attached hydrogens (tertiary/aromatic N) is 1. The average Bonchev–Trinajstić information content (AvgIpc) is 2.70. The molecule has 0 saturated heterocycles. The van der Waals surface area contributed by atoms with Crippen LogP contribution in [0.25, 0.3) is 10.9 Å². The van der Waals surface area contributed by atoms with Crippen molar-refractivity contribution in [3.05, 3.63) is 30.5 Å². The summed E-state index contributed by atoms with van der Waals surface area (Å²) >= 11 is 0. The predicted molar refractivity (Wildman–Crippen MR) is 77.7 cm³/mol. The number of aromatic nitrogens is 1. The monoisotopic (exact) mass is 274 g/mol. The Morgan fingerprint density at radius 3 is 2.70 bits per heavy atom. The summed E-state index contributed by atoms with van der Waals surface area (Å²) in [6, 6.07) is 7.31. The van der Waals surface area contributed by atoms with E-state index in [-0.39, 0.29) is 12.5 Å². The molecule has 0 spiro atoms. The van der Waals surface area contributed by atoms with Gasteiger partial charge in [0.05, 0.1) is 0 Å². The van der Waals surface area contributed by atoms with Gasteiger partial charge in [-0.1, -0.05) is 13.8 Å². The van der Waals surface area contributed by atoms with Gasteiger partial charge in [-0.3, -0.25) is 9.59 Å². The first-order chi connectivity index (χ1) is 9.45. The predicted octanol–water partition coefficient (Wildman–Crippen LogP) is 2.71. The smallest absolute Gasteiger partial charge is 0.323 e. The molecule has 0 unspecified atom stereocenters. The summed E-state index contributed by atoms with van der Waals surface area (Å²) in [5, 5.41) is 12.6. The molecule has 5 nitrogen and oxygen atoms in total. The molecule has 5 heteroatoms. The van der Waals surface area contributed by atoms with Crippen molar-refractivity contribution in [2.75, 3.05) is 5.32 Å². The van der Waals surface area contributed by atoms with Crippen LogP contribution in [0.5, 0.6) is 0 Å². The zero-order valence-corrected chi connectivity index (χ0v) is 11.6. The molecule has 0 aliphatic rings. The SMILES string of the molecule is CC(C)CC(=O)Nc1ccc2c(ccn2CC(=O)O)c1. The van der Waals surface area contributed by atoms with E-state index in [0.717, 1.165) is 16.6 Å². The van der Waals surface area contributed by atoms with Crippen LogP contribution in [0.3, 0.4) is 0 Å².